The zero-order chi connectivity index (χ0) is 11.4. The third-order valence-corrected chi connectivity index (χ3v) is 2.55. The van der Waals surface area contributed by atoms with Crippen molar-refractivity contribution >= 4 is 17.4 Å². The summed E-state index contributed by atoms with van der Waals surface area (Å²) in [6.45, 7) is 5.31. The Bertz CT molecular complexity index is 385. The van der Waals surface area contributed by atoms with Crippen LogP contribution in [0.3, 0.4) is 0 Å². The van der Waals surface area contributed by atoms with E-state index in [1.165, 1.54) is 0 Å². The molecule has 0 amide bonds. The number of benzene rings is 1. The Balaban J connectivity index is 2.95. The number of hydrogen-bond acceptors (Lipinski definition) is 2. The molecular weight excluding hydrogens is 212 g/mol. The molecule has 0 aliphatic rings. The van der Waals surface area contributed by atoms with Gasteiger partial charge in [-0.1, -0.05) is 43.3 Å². The van der Waals surface area contributed by atoms with E-state index in [1.807, 2.05) is 0 Å². The van der Waals surface area contributed by atoms with Crippen LogP contribution in [0.1, 0.15) is 25.0 Å². The highest BCUT2D eigenvalue weighted by atomic mass is 35.5. The van der Waals surface area contributed by atoms with Crippen LogP contribution in [0.2, 0.25) is 5.02 Å². The molecule has 0 heterocycles. The van der Waals surface area contributed by atoms with Gasteiger partial charge in [0.25, 0.3) is 0 Å². The first-order valence-corrected chi connectivity index (χ1v) is 5.10. The molecule has 0 saturated carbocycles. The van der Waals surface area contributed by atoms with E-state index in [0.717, 1.165) is 0 Å². The summed E-state index contributed by atoms with van der Waals surface area (Å²) >= 11 is 5.90. The highest BCUT2D eigenvalue weighted by Gasteiger charge is 2.18. The largest absolute Gasteiger partial charge is 0.383 e. The van der Waals surface area contributed by atoms with Crippen LogP contribution in [0, 0.1) is 0 Å². The number of carbonyl (C=O) groups excluding carboxylic acids is 1. The van der Waals surface area contributed by atoms with Crippen molar-refractivity contribution in [3.05, 3.63) is 47.0 Å². The maximum Gasteiger partial charge on any atom is 0.160 e. The normalized spacial score (nSPS) is 12.2. The van der Waals surface area contributed by atoms with Gasteiger partial charge in [-0.3, -0.25) is 4.79 Å². The number of carbonyl (C=O) groups is 1. The van der Waals surface area contributed by atoms with Gasteiger partial charge in [-0.25, -0.2) is 0 Å². The molecule has 3 heteroatoms. The number of rotatable bonds is 4. The molecule has 0 aromatic heterocycles. The van der Waals surface area contributed by atoms with Gasteiger partial charge in [-0.05, 0) is 6.07 Å². The minimum atomic E-state index is -1.01. The van der Waals surface area contributed by atoms with Crippen molar-refractivity contribution in [1.82, 2.24) is 0 Å². The van der Waals surface area contributed by atoms with Crippen LogP contribution < -0.4 is 0 Å². The summed E-state index contributed by atoms with van der Waals surface area (Å²) in [5.74, 6) is -0.151. The van der Waals surface area contributed by atoms with Crippen molar-refractivity contribution in [2.24, 2.45) is 0 Å². The summed E-state index contributed by atoms with van der Waals surface area (Å²) in [5, 5.41) is 10.3. The van der Waals surface area contributed by atoms with Gasteiger partial charge in [0.05, 0.1) is 0 Å². The molecule has 0 spiro atoms. The average Bonchev–Trinajstić information content (AvgIpc) is 2.26. The number of aliphatic hydroxyl groups is 1. The van der Waals surface area contributed by atoms with Crippen LogP contribution in [-0.2, 0) is 4.79 Å². The summed E-state index contributed by atoms with van der Waals surface area (Å²) in [7, 11) is 0. The lowest BCUT2D eigenvalue weighted by Gasteiger charge is -2.13. The summed E-state index contributed by atoms with van der Waals surface area (Å²) in [6.07, 6.45) is -0.675. The third-order valence-electron chi connectivity index (χ3n) is 2.21. The fourth-order valence-corrected chi connectivity index (χ4v) is 1.50. The fraction of sp³-hybridized carbons (Fsp3) is 0.250. The van der Waals surface area contributed by atoms with Crippen LogP contribution >= 0.6 is 11.6 Å². The first-order valence-electron chi connectivity index (χ1n) is 4.72. The van der Waals surface area contributed by atoms with E-state index in [9.17, 15) is 9.90 Å². The molecule has 1 aromatic carbocycles. The number of halogens is 1. The monoisotopic (exact) mass is 224 g/mol. The van der Waals surface area contributed by atoms with Gasteiger partial charge in [-0.15, -0.1) is 0 Å². The zero-order valence-electron chi connectivity index (χ0n) is 8.53. The number of ketones is 1. The maximum atomic E-state index is 11.3. The van der Waals surface area contributed by atoms with Gasteiger partial charge < -0.3 is 5.11 Å². The molecule has 2 nitrogen and oxygen atoms in total. The van der Waals surface area contributed by atoms with E-state index >= 15 is 0 Å². The van der Waals surface area contributed by atoms with E-state index in [-0.39, 0.29) is 11.4 Å². The highest BCUT2D eigenvalue weighted by Crippen LogP contribution is 2.27. The Morgan fingerprint density at radius 1 is 1.53 bits per heavy atom. The van der Waals surface area contributed by atoms with Crippen LogP contribution in [0.25, 0.3) is 0 Å². The van der Waals surface area contributed by atoms with Crippen molar-refractivity contribution < 1.29 is 9.90 Å². The van der Waals surface area contributed by atoms with E-state index in [0.29, 0.717) is 17.0 Å². The van der Waals surface area contributed by atoms with E-state index in [2.05, 4.69) is 6.58 Å². The van der Waals surface area contributed by atoms with E-state index in [4.69, 9.17) is 11.6 Å². The van der Waals surface area contributed by atoms with Crippen LogP contribution in [-0.4, -0.2) is 10.9 Å². The van der Waals surface area contributed by atoms with E-state index in [1.54, 1.807) is 31.2 Å². The predicted molar refractivity (Wildman–Crippen MR) is 60.8 cm³/mol. The van der Waals surface area contributed by atoms with Gasteiger partial charge >= 0.3 is 0 Å². The topological polar surface area (TPSA) is 37.3 Å². The van der Waals surface area contributed by atoms with Crippen molar-refractivity contribution in [3.63, 3.8) is 0 Å². The molecule has 0 aliphatic heterocycles. The average molecular weight is 225 g/mol. The lowest BCUT2D eigenvalue weighted by molar-refractivity contribution is -0.116. The molecule has 0 saturated heterocycles. The number of aliphatic hydroxyl groups excluding tert-OH is 1. The van der Waals surface area contributed by atoms with Gasteiger partial charge in [-0.2, -0.15) is 0 Å². The van der Waals surface area contributed by atoms with Gasteiger partial charge in [0.1, 0.15) is 6.10 Å². The van der Waals surface area contributed by atoms with Crippen LogP contribution in [0.5, 0.6) is 0 Å². The molecule has 1 N–H and O–H groups in total. The Hall–Kier alpha value is -1.12. The number of hydrogen-bond donors (Lipinski definition) is 1. The Labute approximate surface area is 94.2 Å². The molecule has 15 heavy (non-hydrogen) atoms. The van der Waals surface area contributed by atoms with Gasteiger partial charge in [0, 0.05) is 22.6 Å². The van der Waals surface area contributed by atoms with Crippen molar-refractivity contribution in [2.45, 2.75) is 19.4 Å². The second-order valence-corrected chi connectivity index (χ2v) is 3.63. The summed E-state index contributed by atoms with van der Waals surface area (Å²) in [4.78, 5) is 11.3. The zero-order valence-corrected chi connectivity index (χ0v) is 9.29. The maximum absolute atomic E-state index is 11.3. The van der Waals surface area contributed by atoms with Crippen LogP contribution in [0.15, 0.2) is 36.4 Å². The summed E-state index contributed by atoms with van der Waals surface area (Å²) in [6, 6.07) is 6.88. The summed E-state index contributed by atoms with van der Waals surface area (Å²) in [5.41, 5.74) is 0.705. The summed E-state index contributed by atoms with van der Waals surface area (Å²) < 4.78 is 0. The lowest BCUT2D eigenvalue weighted by atomic mass is 9.98. The van der Waals surface area contributed by atoms with Gasteiger partial charge in [0.2, 0.25) is 0 Å². The second-order valence-electron chi connectivity index (χ2n) is 3.23. The Kier molecular flexibility index (Phi) is 4.06. The molecule has 0 aliphatic carbocycles. The molecule has 0 fully saturated rings. The molecule has 0 radical (unpaired) electrons. The van der Waals surface area contributed by atoms with Crippen LogP contribution in [0.4, 0.5) is 0 Å². The molecule has 1 rings (SSSR count). The molecule has 0 unspecified atom stereocenters. The smallest absolute Gasteiger partial charge is 0.160 e. The SMILES string of the molecule is C=C(C(=O)CC)[C@H](O)c1ccccc1Cl. The molecule has 1 aromatic rings. The number of Topliss-reactive ketones (excluding diaryl/α,β-unsaturated/α-hetero) is 1. The fourth-order valence-electron chi connectivity index (χ4n) is 1.26. The molecule has 80 valence electrons. The van der Waals surface area contributed by atoms with Crippen molar-refractivity contribution in [2.75, 3.05) is 0 Å². The Morgan fingerprint density at radius 2 is 2.13 bits per heavy atom. The molecule has 1 atom stereocenters. The quantitative estimate of drug-likeness (QED) is 0.799. The minimum absolute atomic E-state index is 0.151. The predicted octanol–water partition coefficient (Wildman–Crippen LogP) is 2.91. The molecule has 0 bridgehead atoms. The van der Waals surface area contributed by atoms with Crippen molar-refractivity contribution in [3.8, 4) is 0 Å². The second kappa shape index (κ2) is 5.10. The minimum Gasteiger partial charge on any atom is -0.383 e. The van der Waals surface area contributed by atoms with Gasteiger partial charge in [0.15, 0.2) is 5.78 Å². The lowest BCUT2D eigenvalue weighted by Crippen LogP contribution is -2.09. The first kappa shape index (κ1) is 12.0. The van der Waals surface area contributed by atoms with Crippen molar-refractivity contribution in [1.29, 1.82) is 0 Å². The third kappa shape index (κ3) is 2.67. The Morgan fingerprint density at radius 3 is 2.67 bits per heavy atom. The standard InChI is InChI=1S/C12H13ClO2/c1-3-11(14)8(2)12(15)9-6-4-5-7-10(9)13/h4-7,12,15H,2-3H2,1H3/t12-/m0/s1. The first-order chi connectivity index (χ1) is 7.07. The molecular formula is C12H13ClO2. The highest BCUT2D eigenvalue weighted by molar-refractivity contribution is 6.31. The van der Waals surface area contributed by atoms with E-state index < -0.39 is 6.10 Å².